The van der Waals surface area contributed by atoms with Crippen LogP contribution in [0.1, 0.15) is 35.4 Å². The number of aromatic nitrogens is 6. The zero-order valence-corrected chi connectivity index (χ0v) is 21.4. The summed E-state index contributed by atoms with van der Waals surface area (Å²) in [6.07, 6.45) is 3.51. The number of anilines is 2. The molecular weight excluding hydrogens is 492 g/mol. The molecule has 0 amide bonds. The van der Waals surface area contributed by atoms with Crippen molar-refractivity contribution in [2.75, 3.05) is 36.0 Å². The summed E-state index contributed by atoms with van der Waals surface area (Å²) >= 11 is 5.94. The third-order valence-corrected chi connectivity index (χ3v) is 6.78. The van der Waals surface area contributed by atoms with E-state index in [2.05, 4.69) is 30.1 Å². The average Bonchev–Trinajstić information content (AvgIpc) is 3.31. The van der Waals surface area contributed by atoms with Gasteiger partial charge < -0.3 is 9.80 Å². The quantitative estimate of drug-likeness (QED) is 0.343. The van der Waals surface area contributed by atoms with Crippen LogP contribution in [0.25, 0.3) is 5.69 Å². The van der Waals surface area contributed by atoms with Gasteiger partial charge in [0.15, 0.2) is 11.6 Å². The van der Waals surface area contributed by atoms with Crippen LogP contribution in [0.15, 0.2) is 65.8 Å². The maximum Gasteiger partial charge on any atom is 0.351 e. The van der Waals surface area contributed by atoms with E-state index < -0.39 is 11.7 Å². The number of Topliss-reactive ketones (excluding diaryl/α,β-unsaturated/α-hetero) is 1. The Labute approximate surface area is 219 Å². The molecule has 4 heterocycles. The van der Waals surface area contributed by atoms with E-state index in [0.717, 1.165) is 43.5 Å². The molecule has 190 valence electrons. The number of nitrogens with zero attached hydrogens (tertiary/aromatic N) is 8. The van der Waals surface area contributed by atoms with Crippen molar-refractivity contribution in [3.8, 4) is 5.69 Å². The fraction of sp³-hybridized carbons (Fsp3) is 0.308. The summed E-state index contributed by atoms with van der Waals surface area (Å²) in [4.78, 5) is 35.2. The second kappa shape index (κ2) is 10.5. The molecule has 5 rings (SSSR count). The van der Waals surface area contributed by atoms with Crippen molar-refractivity contribution in [2.45, 2.75) is 26.3 Å². The highest BCUT2D eigenvalue weighted by Gasteiger charge is 2.25. The van der Waals surface area contributed by atoms with Gasteiger partial charge in [0.2, 0.25) is 0 Å². The Bertz CT molecular complexity index is 1420. The molecular formula is C26H27ClN8O2. The summed E-state index contributed by atoms with van der Waals surface area (Å²) in [5.41, 5.74) is 1.58. The van der Waals surface area contributed by atoms with Gasteiger partial charge in [-0.25, -0.2) is 19.0 Å². The number of piperazine rings is 1. The SMILES string of the molecule is CCC(C(=O)c1ccc(Cl)cc1)n1ncn(-c2ccc(N3CCN(c4ccc(C)nn4)CC3)nc2)c1=O. The van der Waals surface area contributed by atoms with Gasteiger partial charge in [-0.15, -0.1) is 5.10 Å². The largest absolute Gasteiger partial charge is 0.353 e. The van der Waals surface area contributed by atoms with Crippen LogP contribution in [-0.4, -0.2) is 61.5 Å². The van der Waals surface area contributed by atoms with Crippen molar-refractivity contribution in [1.29, 1.82) is 0 Å². The number of hydrogen-bond donors (Lipinski definition) is 0. The predicted molar refractivity (Wildman–Crippen MR) is 142 cm³/mol. The molecule has 0 radical (unpaired) electrons. The lowest BCUT2D eigenvalue weighted by Gasteiger charge is -2.35. The lowest BCUT2D eigenvalue weighted by Crippen LogP contribution is -2.47. The van der Waals surface area contributed by atoms with E-state index in [1.165, 1.54) is 15.6 Å². The van der Waals surface area contributed by atoms with E-state index in [0.29, 0.717) is 22.7 Å². The Morgan fingerprint density at radius 1 is 0.946 bits per heavy atom. The van der Waals surface area contributed by atoms with Crippen LogP contribution >= 0.6 is 11.6 Å². The van der Waals surface area contributed by atoms with E-state index in [-0.39, 0.29) is 5.78 Å². The zero-order valence-electron chi connectivity index (χ0n) is 20.7. The first-order chi connectivity index (χ1) is 17.9. The van der Waals surface area contributed by atoms with Crippen molar-refractivity contribution in [3.63, 3.8) is 0 Å². The van der Waals surface area contributed by atoms with Gasteiger partial charge in [0.1, 0.15) is 18.2 Å². The minimum absolute atomic E-state index is 0.184. The highest BCUT2D eigenvalue weighted by atomic mass is 35.5. The normalized spacial score (nSPS) is 14.6. The summed E-state index contributed by atoms with van der Waals surface area (Å²) in [5, 5.41) is 13.2. The molecule has 0 spiro atoms. The average molecular weight is 519 g/mol. The Kier molecular flexibility index (Phi) is 7.00. The summed E-state index contributed by atoms with van der Waals surface area (Å²) in [5.74, 6) is 1.53. The van der Waals surface area contributed by atoms with Crippen molar-refractivity contribution in [1.82, 2.24) is 29.5 Å². The van der Waals surface area contributed by atoms with Gasteiger partial charge in [-0.3, -0.25) is 4.79 Å². The van der Waals surface area contributed by atoms with Crippen molar-refractivity contribution in [2.24, 2.45) is 0 Å². The number of carbonyl (C=O) groups excluding carboxylic acids is 1. The second-order valence-corrected chi connectivity index (χ2v) is 9.34. The Balaban J connectivity index is 1.28. The zero-order chi connectivity index (χ0) is 25.9. The minimum atomic E-state index is -0.711. The summed E-state index contributed by atoms with van der Waals surface area (Å²) < 4.78 is 2.64. The first-order valence-corrected chi connectivity index (χ1v) is 12.5. The number of benzene rings is 1. The van der Waals surface area contributed by atoms with Gasteiger partial charge in [0.05, 0.1) is 17.6 Å². The van der Waals surface area contributed by atoms with Crippen molar-refractivity contribution >= 4 is 29.0 Å². The van der Waals surface area contributed by atoms with Crippen LogP contribution in [0.2, 0.25) is 5.02 Å². The van der Waals surface area contributed by atoms with Crippen LogP contribution in [-0.2, 0) is 0 Å². The number of pyridine rings is 1. The maximum absolute atomic E-state index is 13.2. The van der Waals surface area contributed by atoms with E-state index in [1.807, 2.05) is 38.1 Å². The molecule has 1 aromatic carbocycles. The van der Waals surface area contributed by atoms with Crippen LogP contribution in [0.3, 0.4) is 0 Å². The van der Waals surface area contributed by atoms with Crippen LogP contribution in [0.5, 0.6) is 0 Å². The highest BCUT2D eigenvalue weighted by molar-refractivity contribution is 6.30. The molecule has 1 saturated heterocycles. The smallest absolute Gasteiger partial charge is 0.351 e. The summed E-state index contributed by atoms with van der Waals surface area (Å²) in [7, 11) is 0. The maximum atomic E-state index is 13.2. The molecule has 37 heavy (non-hydrogen) atoms. The fourth-order valence-corrected chi connectivity index (χ4v) is 4.54. The van der Waals surface area contributed by atoms with Gasteiger partial charge in [0, 0.05) is 36.8 Å². The fourth-order valence-electron chi connectivity index (χ4n) is 4.42. The lowest BCUT2D eigenvalue weighted by molar-refractivity contribution is 0.0911. The molecule has 1 atom stereocenters. The van der Waals surface area contributed by atoms with Crippen LogP contribution in [0.4, 0.5) is 11.6 Å². The molecule has 0 bridgehead atoms. The number of carbonyl (C=O) groups is 1. The molecule has 1 aliphatic rings. The third-order valence-electron chi connectivity index (χ3n) is 6.53. The standard InChI is InChI=1S/C26H27ClN8O2/c1-3-22(25(36)19-5-7-20(27)8-6-19)35-26(37)34(17-29-35)21-9-11-23(28-16-21)32-12-14-33(15-13-32)24-10-4-18(2)30-31-24/h4-11,16-17,22H,3,12-15H2,1-2H3. The van der Waals surface area contributed by atoms with E-state index in [1.54, 1.807) is 30.5 Å². The number of aryl methyl sites for hydroxylation is 1. The van der Waals surface area contributed by atoms with E-state index in [4.69, 9.17) is 11.6 Å². The van der Waals surface area contributed by atoms with E-state index in [9.17, 15) is 9.59 Å². The summed E-state index contributed by atoms with van der Waals surface area (Å²) in [6.45, 7) is 6.99. The highest BCUT2D eigenvalue weighted by Crippen LogP contribution is 2.20. The van der Waals surface area contributed by atoms with Crippen molar-refractivity contribution < 1.29 is 4.79 Å². The molecule has 1 unspecified atom stereocenters. The van der Waals surface area contributed by atoms with Gasteiger partial charge >= 0.3 is 5.69 Å². The predicted octanol–water partition coefficient (Wildman–Crippen LogP) is 3.34. The number of ketones is 1. The molecule has 1 aliphatic heterocycles. The topological polar surface area (TPSA) is 102 Å². The van der Waals surface area contributed by atoms with Gasteiger partial charge in [0.25, 0.3) is 0 Å². The van der Waals surface area contributed by atoms with Gasteiger partial charge in [-0.2, -0.15) is 10.2 Å². The van der Waals surface area contributed by atoms with Crippen LogP contribution < -0.4 is 15.5 Å². The number of halogens is 1. The Morgan fingerprint density at radius 2 is 1.62 bits per heavy atom. The number of hydrogen-bond acceptors (Lipinski definition) is 8. The first kappa shape index (κ1) is 24.6. The molecule has 10 nitrogen and oxygen atoms in total. The summed E-state index contributed by atoms with van der Waals surface area (Å²) in [6, 6.07) is 13.6. The monoisotopic (exact) mass is 518 g/mol. The molecule has 0 saturated carbocycles. The Morgan fingerprint density at radius 3 is 2.22 bits per heavy atom. The first-order valence-electron chi connectivity index (χ1n) is 12.2. The molecule has 11 heteroatoms. The lowest BCUT2D eigenvalue weighted by atomic mass is 10.0. The van der Waals surface area contributed by atoms with E-state index >= 15 is 0 Å². The van der Waals surface area contributed by atoms with Gasteiger partial charge in [-0.05, 0) is 61.9 Å². The van der Waals surface area contributed by atoms with Gasteiger partial charge in [-0.1, -0.05) is 18.5 Å². The second-order valence-electron chi connectivity index (χ2n) is 8.90. The molecule has 0 aliphatic carbocycles. The molecule has 3 aromatic heterocycles. The third kappa shape index (κ3) is 5.10. The van der Waals surface area contributed by atoms with Crippen LogP contribution in [0, 0.1) is 6.92 Å². The number of rotatable bonds is 7. The molecule has 1 fully saturated rings. The minimum Gasteiger partial charge on any atom is -0.353 e. The Hall–Kier alpha value is -4.05. The van der Waals surface area contributed by atoms with Crippen molar-refractivity contribution in [3.05, 3.63) is 87.8 Å². The molecule has 0 N–H and O–H groups in total. The molecule has 4 aromatic rings.